The first kappa shape index (κ1) is 9.88. The van der Waals surface area contributed by atoms with E-state index in [1.807, 2.05) is 0 Å². The van der Waals surface area contributed by atoms with Gasteiger partial charge in [-0.25, -0.2) is 4.99 Å². The molecule has 84 valence electrons. The Balaban J connectivity index is 2.09. The summed E-state index contributed by atoms with van der Waals surface area (Å²) in [5, 5.41) is 0. The lowest BCUT2D eigenvalue weighted by atomic mass is 10.00. The minimum absolute atomic E-state index is 1.07. The topological polar surface area (TPSA) is 15.6 Å². The van der Waals surface area contributed by atoms with Crippen molar-refractivity contribution in [3.05, 3.63) is 28.8 Å². The molecular formula is C14H18N2. The Hall–Kier alpha value is -1.31. The van der Waals surface area contributed by atoms with Crippen LogP contribution < -0.4 is 0 Å². The van der Waals surface area contributed by atoms with Gasteiger partial charge in [-0.05, 0) is 37.8 Å². The molecular weight excluding hydrogens is 196 g/mol. The van der Waals surface area contributed by atoms with Gasteiger partial charge in [-0.2, -0.15) is 0 Å². The first-order valence-corrected chi connectivity index (χ1v) is 6.17. The molecule has 1 aromatic rings. The fourth-order valence-electron chi connectivity index (χ4n) is 2.83. The van der Waals surface area contributed by atoms with Gasteiger partial charge in [-0.3, -0.25) is 0 Å². The normalized spacial score (nSPS) is 18.9. The van der Waals surface area contributed by atoms with Crippen molar-refractivity contribution in [3.8, 4) is 0 Å². The molecule has 2 aliphatic rings. The van der Waals surface area contributed by atoms with Gasteiger partial charge < -0.3 is 4.90 Å². The Morgan fingerprint density at radius 3 is 2.94 bits per heavy atom. The van der Waals surface area contributed by atoms with Gasteiger partial charge in [0.15, 0.2) is 0 Å². The maximum atomic E-state index is 4.85. The van der Waals surface area contributed by atoms with E-state index < -0.39 is 0 Å². The van der Waals surface area contributed by atoms with Crippen LogP contribution in [0.25, 0.3) is 0 Å². The molecule has 0 N–H and O–H groups in total. The van der Waals surface area contributed by atoms with E-state index >= 15 is 0 Å². The molecule has 2 heteroatoms. The molecule has 1 aromatic carbocycles. The minimum atomic E-state index is 1.07. The van der Waals surface area contributed by atoms with E-state index in [0.717, 1.165) is 13.0 Å². The van der Waals surface area contributed by atoms with Crippen molar-refractivity contribution in [1.82, 2.24) is 4.90 Å². The molecule has 0 amide bonds. The van der Waals surface area contributed by atoms with Crippen LogP contribution in [0.15, 0.2) is 17.1 Å². The smallest absolute Gasteiger partial charge is 0.105 e. The molecule has 2 aliphatic heterocycles. The Bertz CT molecular complexity index is 460. The number of hydrogen-bond acceptors (Lipinski definition) is 2. The van der Waals surface area contributed by atoms with Gasteiger partial charge >= 0.3 is 0 Å². The molecule has 0 saturated carbocycles. The number of amidine groups is 1. The predicted octanol–water partition coefficient (Wildman–Crippen LogP) is 3.33. The second-order valence-electron chi connectivity index (χ2n) is 5.00. The monoisotopic (exact) mass is 214 g/mol. The lowest BCUT2D eigenvalue weighted by Crippen LogP contribution is -2.36. The van der Waals surface area contributed by atoms with E-state index in [4.69, 9.17) is 4.99 Å². The van der Waals surface area contributed by atoms with Gasteiger partial charge in [-0.15, -0.1) is 0 Å². The summed E-state index contributed by atoms with van der Waals surface area (Å²) < 4.78 is 0. The van der Waals surface area contributed by atoms with E-state index in [1.165, 1.54) is 47.6 Å². The van der Waals surface area contributed by atoms with Crippen LogP contribution in [0, 0.1) is 13.8 Å². The van der Waals surface area contributed by atoms with Crippen LogP contribution in [0.4, 0.5) is 5.69 Å². The van der Waals surface area contributed by atoms with E-state index in [2.05, 4.69) is 30.9 Å². The highest BCUT2D eigenvalue weighted by molar-refractivity contribution is 5.88. The number of rotatable bonds is 0. The molecule has 1 saturated heterocycles. The summed E-state index contributed by atoms with van der Waals surface area (Å²) in [6, 6.07) is 4.53. The van der Waals surface area contributed by atoms with Gasteiger partial charge in [0.05, 0.1) is 5.69 Å². The number of benzene rings is 1. The fourth-order valence-corrected chi connectivity index (χ4v) is 2.83. The van der Waals surface area contributed by atoms with Crippen molar-refractivity contribution in [2.75, 3.05) is 6.54 Å². The zero-order valence-corrected chi connectivity index (χ0v) is 10.1. The zero-order valence-electron chi connectivity index (χ0n) is 10.1. The third-order valence-corrected chi connectivity index (χ3v) is 3.57. The second-order valence-corrected chi connectivity index (χ2v) is 5.00. The summed E-state index contributed by atoms with van der Waals surface area (Å²) >= 11 is 0. The molecule has 0 bridgehead atoms. The van der Waals surface area contributed by atoms with Crippen molar-refractivity contribution in [1.29, 1.82) is 0 Å². The van der Waals surface area contributed by atoms with Crippen LogP contribution in [-0.2, 0) is 6.54 Å². The molecule has 1 fully saturated rings. The Morgan fingerprint density at radius 2 is 2.06 bits per heavy atom. The number of aliphatic imine (C=N–C) groups is 1. The fraction of sp³-hybridized carbons (Fsp3) is 0.500. The van der Waals surface area contributed by atoms with E-state index in [-0.39, 0.29) is 0 Å². The molecule has 3 rings (SSSR count). The second kappa shape index (κ2) is 3.62. The van der Waals surface area contributed by atoms with Crippen LogP contribution >= 0.6 is 0 Å². The van der Waals surface area contributed by atoms with Crippen LogP contribution in [0.5, 0.6) is 0 Å². The van der Waals surface area contributed by atoms with Crippen molar-refractivity contribution < 1.29 is 0 Å². The number of fused-ring (bicyclic) bond motifs is 2. The SMILES string of the molecule is Cc1cc(C)c2c(c1)CN1CCCCC1=N2. The molecule has 2 heterocycles. The average Bonchev–Trinajstić information content (AvgIpc) is 2.27. The first-order chi connectivity index (χ1) is 7.74. The van der Waals surface area contributed by atoms with Crippen molar-refractivity contribution in [3.63, 3.8) is 0 Å². The largest absolute Gasteiger partial charge is 0.356 e. The third kappa shape index (κ3) is 1.53. The Labute approximate surface area is 97.0 Å². The first-order valence-electron chi connectivity index (χ1n) is 6.17. The maximum Gasteiger partial charge on any atom is 0.105 e. The van der Waals surface area contributed by atoms with Crippen LogP contribution in [0.1, 0.15) is 36.0 Å². The molecule has 0 aliphatic carbocycles. The van der Waals surface area contributed by atoms with Gasteiger partial charge in [0.25, 0.3) is 0 Å². The van der Waals surface area contributed by atoms with E-state index in [9.17, 15) is 0 Å². The lowest BCUT2D eigenvalue weighted by molar-refractivity contribution is 0.359. The highest BCUT2D eigenvalue weighted by Crippen LogP contribution is 2.33. The molecule has 0 radical (unpaired) electrons. The summed E-state index contributed by atoms with van der Waals surface area (Å²) in [4.78, 5) is 7.30. The van der Waals surface area contributed by atoms with Crippen LogP contribution in [0.3, 0.4) is 0 Å². The average molecular weight is 214 g/mol. The Morgan fingerprint density at radius 1 is 1.19 bits per heavy atom. The number of piperidine rings is 1. The highest BCUT2D eigenvalue weighted by Gasteiger charge is 2.23. The van der Waals surface area contributed by atoms with E-state index in [1.54, 1.807) is 0 Å². The molecule has 0 spiro atoms. The van der Waals surface area contributed by atoms with Crippen LogP contribution in [-0.4, -0.2) is 17.3 Å². The summed E-state index contributed by atoms with van der Waals surface area (Å²) in [5.41, 5.74) is 5.32. The van der Waals surface area contributed by atoms with Gasteiger partial charge in [0.1, 0.15) is 5.84 Å². The minimum Gasteiger partial charge on any atom is -0.356 e. The summed E-state index contributed by atoms with van der Waals surface area (Å²) in [6.07, 6.45) is 3.78. The molecule has 0 aromatic heterocycles. The third-order valence-electron chi connectivity index (χ3n) is 3.57. The summed E-state index contributed by atoms with van der Waals surface area (Å²) in [6.45, 7) is 6.60. The molecule has 0 unspecified atom stereocenters. The number of hydrogen-bond donors (Lipinski definition) is 0. The summed E-state index contributed by atoms with van der Waals surface area (Å²) in [5.74, 6) is 1.31. The number of nitrogens with zero attached hydrogens (tertiary/aromatic N) is 2. The van der Waals surface area contributed by atoms with E-state index in [0.29, 0.717) is 0 Å². The van der Waals surface area contributed by atoms with Gasteiger partial charge in [0.2, 0.25) is 0 Å². The Kier molecular flexibility index (Phi) is 2.23. The highest BCUT2D eigenvalue weighted by atomic mass is 15.2. The van der Waals surface area contributed by atoms with Gasteiger partial charge in [-0.1, -0.05) is 17.7 Å². The maximum absolute atomic E-state index is 4.85. The summed E-state index contributed by atoms with van der Waals surface area (Å²) in [7, 11) is 0. The lowest BCUT2D eigenvalue weighted by Gasteiger charge is -2.34. The predicted molar refractivity (Wildman–Crippen MR) is 67.3 cm³/mol. The van der Waals surface area contributed by atoms with Gasteiger partial charge in [0, 0.05) is 19.5 Å². The van der Waals surface area contributed by atoms with Crippen molar-refractivity contribution in [2.24, 2.45) is 4.99 Å². The quantitative estimate of drug-likeness (QED) is 0.646. The molecule has 0 atom stereocenters. The number of aryl methyl sites for hydroxylation is 2. The zero-order chi connectivity index (χ0) is 11.1. The van der Waals surface area contributed by atoms with Crippen LogP contribution in [0.2, 0.25) is 0 Å². The standard InChI is InChI=1S/C14H18N2/c1-10-7-11(2)14-12(8-10)9-16-6-4-3-5-13(16)15-14/h7-8H,3-6,9H2,1-2H3. The molecule has 16 heavy (non-hydrogen) atoms. The molecule has 2 nitrogen and oxygen atoms in total. The van der Waals surface area contributed by atoms with Crippen molar-refractivity contribution in [2.45, 2.75) is 39.7 Å². The van der Waals surface area contributed by atoms with Crippen molar-refractivity contribution >= 4 is 11.5 Å².